The van der Waals surface area contributed by atoms with Gasteiger partial charge in [-0.2, -0.15) is 0 Å². The summed E-state index contributed by atoms with van der Waals surface area (Å²) in [7, 11) is 3.04. The van der Waals surface area contributed by atoms with Crippen LogP contribution < -0.4 is 9.64 Å². The van der Waals surface area contributed by atoms with Crippen molar-refractivity contribution in [3.05, 3.63) is 23.8 Å². The van der Waals surface area contributed by atoms with Crippen molar-refractivity contribution in [2.75, 3.05) is 19.1 Å². The van der Waals surface area contributed by atoms with Gasteiger partial charge in [-0.1, -0.05) is 19.9 Å². The number of anilines is 1. The minimum atomic E-state index is -1.00. The van der Waals surface area contributed by atoms with Gasteiger partial charge in [-0.15, -0.1) is 0 Å². The molecule has 0 saturated carbocycles. The van der Waals surface area contributed by atoms with Crippen molar-refractivity contribution in [2.45, 2.75) is 19.8 Å². The molecule has 1 aromatic carbocycles. The molecule has 0 spiro atoms. The van der Waals surface area contributed by atoms with E-state index < -0.39 is 6.09 Å². The summed E-state index contributed by atoms with van der Waals surface area (Å²) in [4.78, 5) is 12.0. The lowest BCUT2D eigenvalue weighted by molar-refractivity contribution is 0.203. The SMILES string of the molecule is COc1cc(C(C)C)ccc1N(C)C(=O)O. The Kier molecular flexibility index (Phi) is 3.77. The first-order valence-electron chi connectivity index (χ1n) is 5.12. The van der Waals surface area contributed by atoms with Crippen molar-refractivity contribution >= 4 is 11.8 Å². The molecular formula is C12H17NO3. The second-order valence-electron chi connectivity index (χ2n) is 3.93. The molecule has 88 valence electrons. The number of methoxy groups -OCH3 is 1. The third-order valence-electron chi connectivity index (χ3n) is 2.52. The maximum atomic E-state index is 10.9. The third-order valence-corrected chi connectivity index (χ3v) is 2.52. The van der Waals surface area contributed by atoms with E-state index in [0.717, 1.165) is 10.5 Å². The first-order valence-corrected chi connectivity index (χ1v) is 5.12. The van der Waals surface area contributed by atoms with Gasteiger partial charge in [0.2, 0.25) is 0 Å². The van der Waals surface area contributed by atoms with Crippen molar-refractivity contribution in [3.8, 4) is 5.75 Å². The lowest BCUT2D eigenvalue weighted by atomic mass is 10.0. The first kappa shape index (κ1) is 12.4. The summed E-state index contributed by atoms with van der Waals surface area (Å²) in [6.07, 6.45) is -1.00. The molecule has 1 N–H and O–H groups in total. The molecule has 1 rings (SSSR count). The molecule has 0 aliphatic rings. The Balaban J connectivity index is 3.16. The predicted octanol–water partition coefficient (Wildman–Crippen LogP) is 2.93. The largest absolute Gasteiger partial charge is 0.495 e. The van der Waals surface area contributed by atoms with Gasteiger partial charge in [0.05, 0.1) is 12.8 Å². The van der Waals surface area contributed by atoms with Crippen molar-refractivity contribution in [1.82, 2.24) is 0 Å². The van der Waals surface area contributed by atoms with Gasteiger partial charge in [-0.3, -0.25) is 4.90 Å². The van der Waals surface area contributed by atoms with Crippen LogP contribution >= 0.6 is 0 Å². The van der Waals surface area contributed by atoms with E-state index in [-0.39, 0.29) is 0 Å². The van der Waals surface area contributed by atoms with E-state index >= 15 is 0 Å². The highest BCUT2D eigenvalue weighted by Crippen LogP contribution is 2.31. The van der Waals surface area contributed by atoms with Gasteiger partial charge in [0.25, 0.3) is 0 Å². The predicted molar refractivity (Wildman–Crippen MR) is 63.5 cm³/mol. The zero-order chi connectivity index (χ0) is 12.3. The number of ether oxygens (including phenoxy) is 1. The van der Waals surface area contributed by atoms with E-state index in [2.05, 4.69) is 13.8 Å². The zero-order valence-corrected chi connectivity index (χ0v) is 10.0. The summed E-state index contributed by atoms with van der Waals surface area (Å²) in [6, 6.07) is 5.56. The summed E-state index contributed by atoms with van der Waals surface area (Å²) >= 11 is 0. The molecule has 1 amide bonds. The number of nitrogens with zero attached hydrogens (tertiary/aromatic N) is 1. The van der Waals surface area contributed by atoms with Gasteiger partial charge in [0.15, 0.2) is 0 Å². The van der Waals surface area contributed by atoms with Crippen LogP contribution in [0.15, 0.2) is 18.2 Å². The molecule has 4 nitrogen and oxygen atoms in total. The van der Waals surface area contributed by atoms with E-state index in [9.17, 15) is 4.79 Å². The van der Waals surface area contributed by atoms with Crippen LogP contribution in [0, 0.1) is 0 Å². The van der Waals surface area contributed by atoms with Gasteiger partial charge in [-0.25, -0.2) is 4.79 Å². The van der Waals surface area contributed by atoms with E-state index in [0.29, 0.717) is 17.4 Å². The maximum absolute atomic E-state index is 10.9. The molecule has 0 unspecified atom stereocenters. The van der Waals surface area contributed by atoms with Gasteiger partial charge in [0, 0.05) is 7.05 Å². The highest BCUT2D eigenvalue weighted by atomic mass is 16.5. The van der Waals surface area contributed by atoms with Gasteiger partial charge >= 0.3 is 6.09 Å². The van der Waals surface area contributed by atoms with Crippen LogP contribution in [0.4, 0.5) is 10.5 Å². The number of carbonyl (C=O) groups is 1. The van der Waals surface area contributed by atoms with Crippen molar-refractivity contribution in [3.63, 3.8) is 0 Å². The Bertz CT molecular complexity index is 388. The highest BCUT2D eigenvalue weighted by Gasteiger charge is 2.14. The smallest absolute Gasteiger partial charge is 0.411 e. The fourth-order valence-corrected chi connectivity index (χ4v) is 1.43. The van der Waals surface area contributed by atoms with Crippen LogP contribution in [-0.4, -0.2) is 25.4 Å². The van der Waals surface area contributed by atoms with E-state index in [4.69, 9.17) is 9.84 Å². The first-order chi connectivity index (χ1) is 7.47. The molecular weight excluding hydrogens is 206 g/mol. The zero-order valence-electron chi connectivity index (χ0n) is 10.0. The van der Waals surface area contributed by atoms with Crippen LogP contribution in [0.5, 0.6) is 5.75 Å². The Morgan fingerprint density at radius 1 is 1.44 bits per heavy atom. The molecule has 0 saturated heterocycles. The Morgan fingerprint density at radius 3 is 2.50 bits per heavy atom. The summed E-state index contributed by atoms with van der Waals surface area (Å²) < 4.78 is 5.20. The second-order valence-corrected chi connectivity index (χ2v) is 3.93. The highest BCUT2D eigenvalue weighted by molar-refractivity contribution is 5.87. The van der Waals surface area contributed by atoms with Crippen molar-refractivity contribution in [2.24, 2.45) is 0 Å². The number of hydrogen-bond acceptors (Lipinski definition) is 2. The van der Waals surface area contributed by atoms with Crippen LogP contribution in [0.1, 0.15) is 25.3 Å². The monoisotopic (exact) mass is 223 g/mol. The Morgan fingerprint density at radius 2 is 2.06 bits per heavy atom. The van der Waals surface area contributed by atoms with Crippen LogP contribution in [0.25, 0.3) is 0 Å². The summed E-state index contributed by atoms with van der Waals surface area (Å²) in [5, 5.41) is 8.90. The summed E-state index contributed by atoms with van der Waals surface area (Å²) in [5.41, 5.74) is 1.68. The molecule has 0 radical (unpaired) electrons. The molecule has 4 heteroatoms. The second kappa shape index (κ2) is 4.88. The van der Waals surface area contributed by atoms with Crippen LogP contribution in [0.3, 0.4) is 0 Å². The normalized spacial score (nSPS) is 10.3. The number of rotatable bonds is 3. The minimum Gasteiger partial charge on any atom is -0.495 e. The summed E-state index contributed by atoms with van der Waals surface area (Å²) in [5.74, 6) is 0.967. The topological polar surface area (TPSA) is 49.8 Å². The lowest BCUT2D eigenvalue weighted by Crippen LogP contribution is -2.24. The van der Waals surface area contributed by atoms with Gasteiger partial charge in [-0.05, 0) is 23.6 Å². The minimum absolute atomic E-state index is 0.387. The van der Waals surface area contributed by atoms with E-state index in [1.54, 1.807) is 13.2 Å². The average Bonchev–Trinajstić information content (AvgIpc) is 2.26. The number of amides is 1. The van der Waals surface area contributed by atoms with Crippen molar-refractivity contribution in [1.29, 1.82) is 0 Å². The third kappa shape index (κ3) is 2.45. The van der Waals surface area contributed by atoms with Crippen LogP contribution in [0.2, 0.25) is 0 Å². The van der Waals surface area contributed by atoms with Gasteiger partial charge < -0.3 is 9.84 Å². The lowest BCUT2D eigenvalue weighted by Gasteiger charge is -2.18. The molecule has 16 heavy (non-hydrogen) atoms. The molecule has 1 aromatic rings. The Hall–Kier alpha value is -1.71. The number of carboxylic acid groups (broad SMARTS) is 1. The molecule has 0 atom stereocenters. The fourth-order valence-electron chi connectivity index (χ4n) is 1.43. The average molecular weight is 223 g/mol. The Labute approximate surface area is 95.5 Å². The molecule has 0 aliphatic carbocycles. The molecule has 0 bridgehead atoms. The van der Waals surface area contributed by atoms with Crippen LogP contribution in [-0.2, 0) is 0 Å². The molecule has 0 heterocycles. The molecule has 0 aromatic heterocycles. The van der Waals surface area contributed by atoms with E-state index in [1.807, 2.05) is 12.1 Å². The van der Waals surface area contributed by atoms with Crippen molar-refractivity contribution < 1.29 is 14.6 Å². The summed E-state index contributed by atoms with van der Waals surface area (Å²) in [6.45, 7) is 4.16. The standard InChI is InChI=1S/C12H17NO3/c1-8(2)9-5-6-10(11(7-9)16-4)13(3)12(14)15/h5-8H,1-4H3,(H,14,15). The molecule has 0 fully saturated rings. The van der Waals surface area contributed by atoms with Gasteiger partial charge in [0.1, 0.15) is 5.75 Å². The fraction of sp³-hybridized carbons (Fsp3) is 0.417. The molecule has 0 aliphatic heterocycles. The quantitative estimate of drug-likeness (QED) is 0.857. The van der Waals surface area contributed by atoms with E-state index in [1.165, 1.54) is 7.05 Å². The number of hydrogen-bond donors (Lipinski definition) is 1. The maximum Gasteiger partial charge on any atom is 0.411 e. The number of benzene rings is 1.